The van der Waals surface area contributed by atoms with Crippen LogP contribution in [0.3, 0.4) is 0 Å². The Morgan fingerprint density at radius 2 is 2.05 bits per heavy atom. The van der Waals surface area contributed by atoms with E-state index in [0.717, 1.165) is 5.69 Å². The topological polar surface area (TPSA) is 39.9 Å². The van der Waals surface area contributed by atoms with E-state index in [0.29, 0.717) is 28.4 Å². The number of methoxy groups -OCH3 is 1. The number of aromatic nitrogens is 3. The van der Waals surface area contributed by atoms with Gasteiger partial charge in [0.15, 0.2) is 5.65 Å². The summed E-state index contributed by atoms with van der Waals surface area (Å²) in [5, 5.41) is 0. The second kappa shape index (κ2) is 5.33. The summed E-state index contributed by atoms with van der Waals surface area (Å²) in [7, 11) is 1.54. The van der Waals surface area contributed by atoms with Gasteiger partial charge in [0.2, 0.25) is 0 Å². The lowest BCUT2D eigenvalue weighted by atomic mass is 10.2. The Morgan fingerprint density at radius 3 is 2.76 bits per heavy atom. The molecule has 0 saturated carbocycles. The van der Waals surface area contributed by atoms with Gasteiger partial charge in [-0.2, -0.15) is 0 Å². The van der Waals surface area contributed by atoms with Crippen molar-refractivity contribution in [2.45, 2.75) is 12.8 Å². The summed E-state index contributed by atoms with van der Waals surface area (Å²) in [6.07, 6.45) is 0. The summed E-state index contributed by atoms with van der Waals surface area (Å²) < 4.78 is 21.0. The quantitative estimate of drug-likeness (QED) is 0.694. The Kier molecular flexibility index (Phi) is 3.51. The van der Waals surface area contributed by atoms with Gasteiger partial charge in [0, 0.05) is 11.8 Å². The molecule has 0 amide bonds. The molecule has 0 radical (unpaired) electrons. The van der Waals surface area contributed by atoms with E-state index in [1.54, 1.807) is 16.7 Å². The number of aryl methyl sites for hydroxylation is 1. The van der Waals surface area contributed by atoms with E-state index in [2.05, 4.69) is 9.97 Å². The van der Waals surface area contributed by atoms with Crippen molar-refractivity contribution in [3.05, 3.63) is 47.7 Å². The van der Waals surface area contributed by atoms with Crippen molar-refractivity contribution in [3.63, 3.8) is 0 Å². The van der Waals surface area contributed by atoms with Crippen LogP contribution in [0.15, 0.2) is 30.3 Å². The second-order valence-corrected chi connectivity index (χ2v) is 4.88. The van der Waals surface area contributed by atoms with Gasteiger partial charge in [-0.25, -0.2) is 14.4 Å². The summed E-state index contributed by atoms with van der Waals surface area (Å²) in [6, 6.07) is 8.24. The summed E-state index contributed by atoms with van der Waals surface area (Å²) in [5.41, 5.74) is 2.41. The molecular weight excluding hydrogens is 293 g/mol. The average Bonchev–Trinajstić information content (AvgIpc) is 2.85. The predicted molar refractivity (Wildman–Crippen MR) is 79.7 cm³/mol. The zero-order chi connectivity index (χ0) is 15.0. The van der Waals surface area contributed by atoms with Crippen LogP contribution in [0.4, 0.5) is 4.39 Å². The molecule has 0 fully saturated rings. The largest absolute Gasteiger partial charge is 0.497 e. The molecule has 6 heteroatoms. The Hall–Kier alpha value is -2.14. The SMILES string of the molecule is COc1ccc(F)c(-n2c(CCl)nc3ccc(C)nc32)c1. The fraction of sp³-hybridized carbons (Fsp3) is 0.200. The molecule has 2 aromatic heterocycles. The third-order valence-corrected chi connectivity index (χ3v) is 3.47. The first-order valence-electron chi connectivity index (χ1n) is 6.39. The van der Waals surface area contributed by atoms with Gasteiger partial charge in [0.25, 0.3) is 0 Å². The maximum atomic E-state index is 14.2. The summed E-state index contributed by atoms with van der Waals surface area (Å²) in [4.78, 5) is 8.86. The van der Waals surface area contributed by atoms with Gasteiger partial charge in [-0.3, -0.25) is 4.57 Å². The van der Waals surface area contributed by atoms with Crippen molar-refractivity contribution >= 4 is 22.8 Å². The molecule has 3 aromatic rings. The van der Waals surface area contributed by atoms with E-state index < -0.39 is 0 Å². The molecule has 0 unspecified atom stereocenters. The molecule has 0 saturated heterocycles. The van der Waals surface area contributed by atoms with Gasteiger partial charge in [-0.15, -0.1) is 11.6 Å². The van der Waals surface area contributed by atoms with Crippen molar-refractivity contribution in [1.29, 1.82) is 0 Å². The number of halogens is 2. The summed E-state index contributed by atoms with van der Waals surface area (Å²) in [6.45, 7) is 1.87. The van der Waals surface area contributed by atoms with Gasteiger partial charge in [0.1, 0.15) is 22.9 Å². The van der Waals surface area contributed by atoms with Crippen molar-refractivity contribution in [1.82, 2.24) is 14.5 Å². The second-order valence-electron chi connectivity index (χ2n) is 4.61. The third kappa shape index (κ3) is 2.34. The number of rotatable bonds is 3. The standard InChI is InChI=1S/C15H13ClFN3O/c1-9-3-6-12-15(18-9)20(14(8-16)19-12)13-7-10(21-2)4-5-11(13)17/h3-7H,8H2,1-2H3. The molecule has 21 heavy (non-hydrogen) atoms. The predicted octanol–water partition coefficient (Wildman–Crippen LogP) is 3.62. The Balaban J connectivity index is 2.35. The minimum Gasteiger partial charge on any atom is -0.497 e. The fourth-order valence-electron chi connectivity index (χ4n) is 2.23. The van der Waals surface area contributed by atoms with Crippen molar-refractivity contribution in [2.24, 2.45) is 0 Å². The number of alkyl halides is 1. The van der Waals surface area contributed by atoms with Crippen LogP contribution in [0, 0.1) is 12.7 Å². The number of hydrogen-bond acceptors (Lipinski definition) is 3. The van der Waals surface area contributed by atoms with E-state index in [1.807, 2.05) is 19.1 Å². The van der Waals surface area contributed by atoms with Crippen LogP contribution in [-0.2, 0) is 5.88 Å². The molecule has 0 aliphatic carbocycles. The first-order chi connectivity index (χ1) is 10.1. The summed E-state index contributed by atoms with van der Waals surface area (Å²) >= 11 is 5.95. The normalized spacial score (nSPS) is 11.0. The van der Waals surface area contributed by atoms with E-state index in [9.17, 15) is 4.39 Å². The molecule has 0 spiro atoms. The highest BCUT2D eigenvalue weighted by Gasteiger charge is 2.16. The summed E-state index contributed by atoms with van der Waals surface area (Å²) in [5.74, 6) is 0.870. The zero-order valence-corrected chi connectivity index (χ0v) is 12.4. The molecule has 0 N–H and O–H groups in total. The molecular formula is C15H13ClFN3O. The molecule has 0 aliphatic rings. The molecule has 0 atom stereocenters. The average molecular weight is 306 g/mol. The molecule has 0 aliphatic heterocycles. The Bertz CT molecular complexity index is 816. The van der Waals surface area contributed by atoms with Crippen LogP contribution in [0.2, 0.25) is 0 Å². The highest BCUT2D eigenvalue weighted by Crippen LogP contribution is 2.26. The maximum Gasteiger partial charge on any atom is 0.165 e. The van der Waals surface area contributed by atoms with Crippen LogP contribution in [0.5, 0.6) is 5.75 Å². The van der Waals surface area contributed by atoms with Crippen LogP contribution in [0.25, 0.3) is 16.9 Å². The molecule has 4 nitrogen and oxygen atoms in total. The van der Waals surface area contributed by atoms with Gasteiger partial charge >= 0.3 is 0 Å². The number of benzene rings is 1. The molecule has 3 rings (SSSR count). The van der Waals surface area contributed by atoms with Gasteiger partial charge in [-0.05, 0) is 31.2 Å². The van der Waals surface area contributed by atoms with Crippen molar-refractivity contribution in [2.75, 3.05) is 7.11 Å². The number of hydrogen-bond donors (Lipinski definition) is 0. The highest BCUT2D eigenvalue weighted by atomic mass is 35.5. The first-order valence-corrected chi connectivity index (χ1v) is 6.92. The Morgan fingerprint density at radius 1 is 1.24 bits per heavy atom. The van der Waals surface area contributed by atoms with Gasteiger partial charge in [0.05, 0.1) is 18.7 Å². The van der Waals surface area contributed by atoms with Crippen LogP contribution in [-0.4, -0.2) is 21.6 Å². The first kappa shape index (κ1) is 13.8. The highest BCUT2D eigenvalue weighted by molar-refractivity contribution is 6.16. The smallest absolute Gasteiger partial charge is 0.165 e. The van der Waals surface area contributed by atoms with Gasteiger partial charge < -0.3 is 4.74 Å². The molecule has 108 valence electrons. The van der Waals surface area contributed by atoms with Crippen molar-refractivity contribution < 1.29 is 9.13 Å². The molecule has 2 heterocycles. The Labute approximate surface area is 126 Å². The van der Waals surface area contributed by atoms with Gasteiger partial charge in [-0.1, -0.05) is 0 Å². The van der Waals surface area contributed by atoms with E-state index in [4.69, 9.17) is 16.3 Å². The minimum absolute atomic E-state index is 0.159. The number of ether oxygens (including phenoxy) is 1. The lowest BCUT2D eigenvalue weighted by molar-refractivity contribution is 0.413. The molecule has 0 bridgehead atoms. The van der Waals surface area contributed by atoms with E-state index in [1.165, 1.54) is 13.2 Å². The third-order valence-electron chi connectivity index (χ3n) is 3.23. The van der Waals surface area contributed by atoms with Crippen LogP contribution in [0.1, 0.15) is 11.5 Å². The minimum atomic E-state index is -0.384. The zero-order valence-electron chi connectivity index (χ0n) is 11.6. The fourth-order valence-corrected chi connectivity index (χ4v) is 2.41. The number of nitrogens with zero attached hydrogens (tertiary/aromatic N) is 3. The van der Waals surface area contributed by atoms with Crippen LogP contribution < -0.4 is 4.74 Å². The number of imidazole rings is 1. The molecule has 1 aromatic carbocycles. The number of fused-ring (bicyclic) bond motifs is 1. The monoisotopic (exact) mass is 305 g/mol. The lowest BCUT2D eigenvalue weighted by Gasteiger charge is -2.10. The maximum absolute atomic E-state index is 14.2. The van der Waals surface area contributed by atoms with E-state index in [-0.39, 0.29) is 11.7 Å². The lowest BCUT2D eigenvalue weighted by Crippen LogP contribution is -2.04. The van der Waals surface area contributed by atoms with Crippen LogP contribution >= 0.6 is 11.6 Å². The van der Waals surface area contributed by atoms with E-state index >= 15 is 0 Å². The van der Waals surface area contributed by atoms with Crippen molar-refractivity contribution in [3.8, 4) is 11.4 Å². The number of pyridine rings is 1.